The average molecular weight is 905 g/mol. The first-order valence-corrected chi connectivity index (χ1v) is 25.0. The van der Waals surface area contributed by atoms with Gasteiger partial charge in [0.1, 0.15) is 9.75 Å². The van der Waals surface area contributed by atoms with Gasteiger partial charge in [0, 0.05) is 34.7 Å². The van der Waals surface area contributed by atoms with Gasteiger partial charge in [-0.25, -0.2) is 9.59 Å². The third-order valence-electron chi connectivity index (χ3n) is 12.7. The number of hydrogen-bond acceptors (Lipinski definition) is 9. The Balaban J connectivity index is 0.000000238. The number of anilines is 2. The van der Waals surface area contributed by atoms with E-state index in [4.69, 9.17) is 4.74 Å². The van der Waals surface area contributed by atoms with Crippen LogP contribution in [-0.4, -0.2) is 70.5 Å². The number of thiophene rings is 2. The summed E-state index contributed by atoms with van der Waals surface area (Å²) in [5.74, 6) is 11.6. The molecule has 4 heterocycles. The summed E-state index contributed by atoms with van der Waals surface area (Å²) in [4.78, 5) is 57.9. The van der Waals surface area contributed by atoms with Crippen molar-refractivity contribution < 1.29 is 39.2 Å². The van der Waals surface area contributed by atoms with Crippen molar-refractivity contribution in [3.05, 3.63) is 31.6 Å². The minimum Gasteiger partial charge on any atom is -0.477 e. The maximum absolute atomic E-state index is 13.7. The van der Waals surface area contributed by atoms with Crippen molar-refractivity contribution in [2.75, 3.05) is 16.9 Å². The van der Waals surface area contributed by atoms with Crippen LogP contribution in [0.3, 0.4) is 0 Å². The molecule has 0 radical (unpaired) electrons. The third-order valence-corrected chi connectivity index (χ3v) is 14.8. The summed E-state index contributed by atoms with van der Waals surface area (Å²) in [6, 6.07) is 3.79. The number of hydrogen-bond donors (Lipinski definition) is 3. The van der Waals surface area contributed by atoms with Gasteiger partial charge in [0.25, 0.3) is 0 Å². The number of carboxylic acid groups (broad SMARTS) is 1. The van der Waals surface area contributed by atoms with Gasteiger partial charge in [0.2, 0.25) is 11.8 Å². The Morgan fingerprint density at radius 3 is 1.40 bits per heavy atom. The highest BCUT2D eigenvalue weighted by atomic mass is 32.1. The molecule has 0 bridgehead atoms. The summed E-state index contributed by atoms with van der Waals surface area (Å²) >= 11 is 2.45. The Bertz CT molecular complexity index is 2030. The van der Waals surface area contributed by atoms with Crippen molar-refractivity contribution in [1.82, 2.24) is 0 Å². The lowest BCUT2D eigenvalue weighted by atomic mass is 9.77. The first kappa shape index (κ1) is 50.3. The van der Waals surface area contributed by atoms with E-state index in [0.29, 0.717) is 45.8 Å². The molecule has 2 aromatic heterocycles. The number of aliphatic hydroxyl groups excluding tert-OH is 2. The van der Waals surface area contributed by atoms with Crippen LogP contribution in [0, 0.1) is 58.2 Å². The molecule has 3 N–H and O–H groups in total. The minimum absolute atomic E-state index is 0.0195. The summed E-state index contributed by atoms with van der Waals surface area (Å²) in [7, 11) is 1.37. The molecule has 6 atom stereocenters. The highest BCUT2D eigenvalue weighted by Gasteiger charge is 2.44. The van der Waals surface area contributed by atoms with Crippen molar-refractivity contribution in [3.63, 3.8) is 0 Å². The number of esters is 1. The summed E-state index contributed by atoms with van der Waals surface area (Å²) in [6.45, 7) is 15.6. The van der Waals surface area contributed by atoms with Gasteiger partial charge in [-0.05, 0) is 144 Å². The van der Waals surface area contributed by atoms with E-state index < -0.39 is 24.1 Å². The maximum atomic E-state index is 13.7. The van der Waals surface area contributed by atoms with E-state index >= 15 is 0 Å². The fourth-order valence-corrected chi connectivity index (χ4v) is 11.7. The molecule has 2 aromatic rings. The van der Waals surface area contributed by atoms with Crippen LogP contribution in [0.2, 0.25) is 0 Å². The number of nitrogens with zero attached hydrogens (tertiary/aromatic N) is 2. The van der Waals surface area contributed by atoms with E-state index in [2.05, 4.69) is 23.7 Å². The quantitative estimate of drug-likeness (QED) is 0.158. The zero-order chi connectivity index (χ0) is 46.2. The van der Waals surface area contributed by atoms with Gasteiger partial charge in [-0.15, -0.1) is 22.7 Å². The first-order valence-electron chi connectivity index (χ1n) is 23.3. The Morgan fingerprint density at radius 1 is 0.667 bits per heavy atom. The number of rotatable bonds is 10. The van der Waals surface area contributed by atoms with Crippen molar-refractivity contribution in [2.24, 2.45) is 34.5 Å². The highest BCUT2D eigenvalue weighted by molar-refractivity contribution is 7.15. The van der Waals surface area contributed by atoms with Gasteiger partial charge in [-0.1, -0.05) is 62.2 Å². The van der Waals surface area contributed by atoms with Gasteiger partial charge in [0.15, 0.2) is 0 Å². The topological polar surface area (TPSA) is 145 Å². The number of aliphatic hydroxyl groups is 2. The Hall–Kier alpha value is -3.68. The fourth-order valence-electron chi connectivity index (χ4n) is 9.89. The Kier molecular flexibility index (Phi) is 17.6. The average Bonchev–Trinajstić information content (AvgIpc) is 3.85. The van der Waals surface area contributed by atoms with Crippen LogP contribution in [0.4, 0.5) is 11.4 Å². The zero-order valence-electron chi connectivity index (χ0n) is 39.2. The Labute approximate surface area is 384 Å². The lowest BCUT2D eigenvalue weighted by Crippen LogP contribution is -2.52. The molecule has 12 heteroatoms. The predicted molar refractivity (Wildman–Crippen MR) is 253 cm³/mol. The van der Waals surface area contributed by atoms with Crippen molar-refractivity contribution in [2.45, 2.75) is 182 Å². The number of ether oxygens (including phenoxy) is 1. The molecule has 0 aromatic carbocycles. The largest absolute Gasteiger partial charge is 0.477 e. The zero-order valence-corrected chi connectivity index (χ0v) is 40.8. The molecular weight excluding hydrogens is 833 g/mol. The molecule has 0 spiro atoms. The molecular formula is C51H72N2O8S2. The second-order valence-electron chi connectivity index (χ2n) is 20.5. The summed E-state index contributed by atoms with van der Waals surface area (Å²) in [6.07, 6.45) is 14.6. The minimum atomic E-state index is -1.02. The molecule has 2 saturated carbocycles. The lowest BCUT2D eigenvalue weighted by molar-refractivity contribution is -0.127. The van der Waals surface area contributed by atoms with Crippen molar-refractivity contribution in [3.8, 4) is 23.7 Å². The SMILES string of the molecule is COC(=O)c1sc(C#CC(C)(C)C)cc1N1C(=O)[C@@H](C[C@@H](C)O)CC[C@H]1C1CCCCC1.C[C@@H](O)C[C@H]1CC[C@@H](C2CCCCC2)N(c2cc(C#CC(C)(C)C)sc2C(=O)O)C1=O. The number of amides is 2. The van der Waals surface area contributed by atoms with Crippen LogP contribution < -0.4 is 9.80 Å². The lowest BCUT2D eigenvalue weighted by Gasteiger charge is -2.44. The molecule has 0 unspecified atom stereocenters. The van der Waals surface area contributed by atoms with Crippen molar-refractivity contribution >= 4 is 57.8 Å². The number of carboxylic acids is 1. The molecule has 4 aliphatic rings. The monoisotopic (exact) mass is 904 g/mol. The highest BCUT2D eigenvalue weighted by Crippen LogP contribution is 2.44. The number of carbonyl (C=O) groups excluding carboxylic acids is 3. The third kappa shape index (κ3) is 13.7. The second kappa shape index (κ2) is 22.0. The molecule has 2 amide bonds. The van der Waals surface area contributed by atoms with E-state index in [1.165, 1.54) is 44.1 Å². The van der Waals surface area contributed by atoms with Gasteiger partial charge in [0.05, 0.1) is 40.4 Å². The van der Waals surface area contributed by atoms with Gasteiger partial charge in [-0.3, -0.25) is 9.59 Å². The molecule has 63 heavy (non-hydrogen) atoms. The van der Waals surface area contributed by atoms with Gasteiger partial charge < -0.3 is 29.9 Å². The number of carbonyl (C=O) groups is 4. The van der Waals surface area contributed by atoms with Crippen LogP contribution in [0.25, 0.3) is 0 Å². The van der Waals surface area contributed by atoms with E-state index in [-0.39, 0.29) is 51.4 Å². The molecule has 4 fully saturated rings. The number of methoxy groups -OCH3 is 1. The van der Waals surface area contributed by atoms with Crippen LogP contribution in [0.1, 0.15) is 187 Å². The first-order chi connectivity index (χ1) is 29.7. The van der Waals surface area contributed by atoms with Crippen molar-refractivity contribution in [1.29, 1.82) is 0 Å². The van der Waals surface area contributed by atoms with Crippen LogP contribution in [-0.2, 0) is 14.3 Å². The van der Waals surface area contributed by atoms with Crippen LogP contribution in [0.15, 0.2) is 12.1 Å². The summed E-state index contributed by atoms with van der Waals surface area (Å²) < 4.78 is 5.08. The molecule has 2 saturated heterocycles. The summed E-state index contributed by atoms with van der Waals surface area (Å²) in [5, 5.41) is 29.8. The fraction of sp³-hybridized carbons (Fsp3) is 0.686. The van der Waals surface area contributed by atoms with Crippen LogP contribution >= 0.6 is 22.7 Å². The van der Waals surface area contributed by atoms with E-state index in [9.17, 15) is 34.5 Å². The predicted octanol–water partition coefficient (Wildman–Crippen LogP) is 10.7. The molecule has 10 nitrogen and oxygen atoms in total. The second-order valence-corrected chi connectivity index (χ2v) is 22.6. The summed E-state index contributed by atoms with van der Waals surface area (Å²) in [5.41, 5.74) is 0.771. The maximum Gasteiger partial charge on any atom is 0.350 e. The molecule has 2 aliphatic heterocycles. The van der Waals surface area contributed by atoms with Crippen LogP contribution in [0.5, 0.6) is 0 Å². The Morgan fingerprint density at radius 2 is 1.05 bits per heavy atom. The van der Waals surface area contributed by atoms with E-state index in [1.54, 1.807) is 24.8 Å². The van der Waals surface area contributed by atoms with E-state index in [0.717, 1.165) is 80.4 Å². The smallest absolute Gasteiger partial charge is 0.350 e. The molecule has 2 aliphatic carbocycles. The molecule has 6 rings (SSSR count). The van der Waals surface area contributed by atoms with E-state index in [1.807, 2.05) is 52.5 Å². The van der Waals surface area contributed by atoms with Gasteiger partial charge in [-0.2, -0.15) is 0 Å². The normalized spacial score (nSPS) is 23.7. The number of piperidine rings is 2. The molecule has 346 valence electrons. The standard InChI is InChI=1S/C26H37NO4S.C25H35NO4S/c1-17(28)15-19-11-12-21(18-9-7-6-8-10-18)27(24(19)29)22-16-20(13-14-26(2,3)4)32-23(22)25(30)31-5;1-16(27)14-18-10-11-20(17-8-6-5-7-9-17)26(23(18)28)21-15-19(12-13-25(2,3)4)31-22(21)24(29)30/h16-19,21,28H,6-12,15H2,1-5H3;15-18,20,27H,5-11,14H2,1-4H3,(H,29,30)/t17-,19-,21+;16-,18-,20+/m11/s1. The van der Waals surface area contributed by atoms with Gasteiger partial charge >= 0.3 is 11.9 Å². The number of aromatic carboxylic acids is 1.